The van der Waals surface area contributed by atoms with Crippen molar-refractivity contribution in [1.29, 1.82) is 0 Å². The van der Waals surface area contributed by atoms with Crippen LogP contribution in [0.25, 0.3) is 22.5 Å². The monoisotopic (exact) mass is 540 g/mol. The van der Waals surface area contributed by atoms with Crippen LogP contribution in [0.2, 0.25) is 0 Å². The van der Waals surface area contributed by atoms with E-state index in [0.717, 1.165) is 40.8 Å². The first-order chi connectivity index (χ1) is 19.7. The van der Waals surface area contributed by atoms with E-state index in [1.165, 1.54) is 33.6 Å². The van der Waals surface area contributed by atoms with E-state index in [9.17, 15) is 0 Å². The van der Waals surface area contributed by atoms with Crippen molar-refractivity contribution in [3.05, 3.63) is 114 Å². The van der Waals surface area contributed by atoms with Gasteiger partial charge in [0, 0.05) is 35.8 Å². The molecule has 0 radical (unpaired) electrons. The third-order valence-corrected chi connectivity index (χ3v) is 7.62. The Kier molecular flexibility index (Phi) is 6.74. The molecule has 6 rings (SSSR count). The molecule has 0 N–H and O–H groups in total. The molecule has 1 aliphatic rings. The Labute approximate surface area is 243 Å². The molecular weight excluding hydrogens is 504 g/mol. The number of para-hydroxylation sites is 2. The van der Waals surface area contributed by atoms with Crippen LogP contribution in [0.4, 0.5) is 17.1 Å². The second kappa shape index (κ2) is 10.4. The second-order valence-electron chi connectivity index (χ2n) is 11.8. The minimum absolute atomic E-state index is 0.0230. The maximum absolute atomic E-state index is 6.58. The summed E-state index contributed by atoms with van der Waals surface area (Å²) in [6.07, 6.45) is 3.55. The number of rotatable bonds is 5. The summed E-state index contributed by atoms with van der Waals surface area (Å²) in [7, 11) is 0. The molecule has 5 aromatic rings. The zero-order valence-electron chi connectivity index (χ0n) is 24.6. The van der Waals surface area contributed by atoms with Gasteiger partial charge in [0.15, 0.2) is 0 Å². The SMILES string of the molecule is Cc1cc(C)c(-c2cc(Oc3ccnc(-c4ccccn4)c3)cc(N3CN(C(C)(C)C)c4ccccc43)c2)c(C)c1. The molecule has 3 heterocycles. The zero-order chi connectivity index (χ0) is 28.7. The number of ether oxygens (including phenoxy) is 1. The van der Waals surface area contributed by atoms with Gasteiger partial charge in [0.1, 0.15) is 11.5 Å². The van der Waals surface area contributed by atoms with Gasteiger partial charge in [-0.3, -0.25) is 9.97 Å². The minimum atomic E-state index is -0.0230. The van der Waals surface area contributed by atoms with Crippen molar-refractivity contribution in [2.24, 2.45) is 0 Å². The molecule has 0 spiro atoms. The average molecular weight is 541 g/mol. The van der Waals surface area contributed by atoms with Gasteiger partial charge < -0.3 is 14.5 Å². The number of hydrogen-bond acceptors (Lipinski definition) is 5. The molecule has 0 saturated carbocycles. The van der Waals surface area contributed by atoms with Gasteiger partial charge in [0.25, 0.3) is 0 Å². The van der Waals surface area contributed by atoms with Crippen molar-refractivity contribution < 1.29 is 4.74 Å². The van der Waals surface area contributed by atoms with Gasteiger partial charge in [0.05, 0.1) is 29.4 Å². The third kappa shape index (κ3) is 5.28. The Bertz CT molecular complexity index is 1700. The fourth-order valence-corrected chi connectivity index (χ4v) is 5.85. The molecule has 206 valence electrons. The summed E-state index contributed by atoms with van der Waals surface area (Å²) in [5.74, 6) is 1.50. The van der Waals surface area contributed by atoms with Gasteiger partial charge in [-0.2, -0.15) is 0 Å². The van der Waals surface area contributed by atoms with E-state index < -0.39 is 0 Å². The number of benzene rings is 3. The molecule has 5 heteroatoms. The van der Waals surface area contributed by atoms with Crippen molar-refractivity contribution in [1.82, 2.24) is 9.97 Å². The van der Waals surface area contributed by atoms with Crippen LogP contribution in [-0.2, 0) is 0 Å². The summed E-state index contributed by atoms with van der Waals surface area (Å²) in [6, 6.07) is 29.4. The number of anilines is 3. The smallest absolute Gasteiger partial charge is 0.131 e. The standard InChI is InChI=1S/C36H36N4O/c1-24-17-25(2)35(26(3)18-24)27-19-28(39-23-40(36(4,5)6)34-13-8-7-12-33(34)39)21-30(20-27)41-29-14-16-38-32(22-29)31-11-9-10-15-37-31/h7-22H,23H2,1-6H3. The number of hydrogen-bond donors (Lipinski definition) is 0. The van der Waals surface area contributed by atoms with Gasteiger partial charge >= 0.3 is 0 Å². The predicted molar refractivity (Wildman–Crippen MR) is 169 cm³/mol. The van der Waals surface area contributed by atoms with Crippen molar-refractivity contribution >= 4 is 17.1 Å². The topological polar surface area (TPSA) is 41.5 Å². The normalized spacial score (nSPS) is 12.9. The van der Waals surface area contributed by atoms with E-state index in [2.05, 4.69) is 116 Å². The molecule has 2 aromatic heterocycles. The predicted octanol–water partition coefficient (Wildman–Crippen LogP) is 9.24. The molecule has 0 amide bonds. The molecule has 5 nitrogen and oxygen atoms in total. The number of nitrogens with zero attached hydrogens (tertiary/aromatic N) is 4. The van der Waals surface area contributed by atoms with E-state index in [4.69, 9.17) is 4.74 Å². The van der Waals surface area contributed by atoms with Crippen LogP contribution in [0.1, 0.15) is 37.5 Å². The molecule has 0 fully saturated rings. The van der Waals surface area contributed by atoms with Crippen LogP contribution in [0.5, 0.6) is 11.5 Å². The lowest BCUT2D eigenvalue weighted by Crippen LogP contribution is -2.42. The van der Waals surface area contributed by atoms with Gasteiger partial charge in [-0.15, -0.1) is 0 Å². The quantitative estimate of drug-likeness (QED) is 0.222. The van der Waals surface area contributed by atoms with Crippen molar-refractivity contribution in [3.63, 3.8) is 0 Å². The van der Waals surface area contributed by atoms with Gasteiger partial charge in [-0.05, 0) is 106 Å². The largest absolute Gasteiger partial charge is 0.457 e. The van der Waals surface area contributed by atoms with E-state index in [0.29, 0.717) is 0 Å². The number of pyridine rings is 2. The Hall–Kier alpha value is -4.64. The summed E-state index contributed by atoms with van der Waals surface area (Å²) in [6.45, 7) is 14.1. The highest BCUT2D eigenvalue weighted by atomic mass is 16.5. The molecule has 1 aliphatic heterocycles. The molecule has 3 aromatic carbocycles. The van der Waals surface area contributed by atoms with Crippen LogP contribution in [-0.4, -0.2) is 22.2 Å². The summed E-state index contributed by atoms with van der Waals surface area (Å²) < 4.78 is 6.58. The van der Waals surface area contributed by atoms with Crippen molar-refractivity contribution in [2.45, 2.75) is 47.1 Å². The average Bonchev–Trinajstić information content (AvgIpc) is 3.34. The maximum atomic E-state index is 6.58. The number of aromatic nitrogens is 2. The fourth-order valence-electron chi connectivity index (χ4n) is 5.85. The van der Waals surface area contributed by atoms with E-state index in [1.807, 2.05) is 30.3 Å². The Morgan fingerprint density at radius 3 is 2.10 bits per heavy atom. The first kappa shape index (κ1) is 26.6. The Morgan fingerprint density at radius 1 is 0.683 bits per heavy atom. The van der Waals surface area contributed by atoms with Crippen molar-refractivity contribution in [2.75, 3.05) is 16.5 Å². The van der Waals surface area contributed by atoms with Crippen LogP contribution in [0.15, 0.2) is 97.3 Å². The van der Waals surface area contributed by atoms with Crippen molar-refractivity contribution in [3.8, 4) is 34.0 Å². The maximum Gasteiger partial charge on any atom is 0.131 e. The lowest BCUT2D eigenvalue weighted by molar-refractivity contribution is 0.482. The van der Waals surface area contributed by atoms with Gasteiger partial charge in [-0.1, -0.05) is 35.9 Å². The van der Waals surface area contributed by atoms with Gasteiger partial charge in [-0.25, -0.2) is 0 Å². The summed E-state index contributed by atoms with van der Waals surface area (Å²) >= 11 is 0. The Balaban J connectivity index is 1.47. The van der Waals surface area contributed by atoms with Crippen LogP contribution >= 0.6 is 0 Å². The lowest BCUT2D eigenvalue weighted by atomic mass is 9.93. The highest BCUT2D eigenvalue weighted by Crippen LogP contribution is 2.46. The molecule has 0 unspecified atom stereocenters. The van der Waals surface area contributed by atoms with Crippen LogP contribution in [0, 0.1) is 20.8 Å². The minimum Gasteiger partial charge on any atom is -0.457 e. The third-order valence-electron chi connectivity index (χ3n) is 7.62. The molecule has 0 aliphatic carbocycles. The van der Waals surface area contributed by atoms with Crippen LogP contribution in [0.3, 0.4) is 0 Å². The summed E-state index contributed by atoms with van der Waals surface area (Å²) in [5.41, 5.74) is 11.3. The zero-order valence-corrected chi connectivity index (χ0v) is 24.6. The first-order valence-corrected chi connectivity index (χ1v) is 14.1. The summed E-state index contributed by atoms with van der Waals surface area (Å²) in [5, 5.41) is 0. The molecule has 0 bridgehead atoms. The first-order valence-electron chi connectivity index (χ1n) is 14.1. The molecule has 0 saturated heterocycles. The molecule has 0 atom stereocenters. The molecule has 41 heavy (non-hydrogen) atoms. The highest BCUT2D eigenvalue weighted by molar-refractivity contribution is 5.86. The van der Waals surface area contributed by atoms with E-state index >= 15 is 0 Å². The van der Waals surface area contributed by atoms with Crippen LogP contribution < -0.4 is 14.5 Å². The number of aryl methyl sites for hydroxylation is 3. The summed E-state index contributed by atoms with van der Waals surface area (Å²) in [4.78, 5) is 13.8. The Morgan fingerprint density at radius 2 is 1.39 bits per heavy atom. The highest BCUT2D eigenvalue weighted by Gasteiger charge is 2.33. The molecular formula is C36H36N4O. The lowest BCUT2D eigenvalue weighted by Gasteiger charge is -2.34. The van der Waals surface area contributed by atoms with E-state index in [1.54, 1.807) is 12.4 Å². The number of fused-ring (bicyclic) bond motifs is 1. The second-order valence-corrected chi connectivity index (χ2v) is 11.8. The van der Waals surface area contributed by atoms with Gasteiger partial charge in [0.2, 0.25) is 0 Å². The van der Waals surface area contributed by atoms with E-state index in [-0.39, 0.29) is 5.54 Å². The fraction of sp³-hybridized carbons (Fsp3) is 0.222.